The van der Waals surface area contributed by atoms with Crippen LogP contribution in [0.4, 0.5) is 24.0 Å². The third-order valence-corrected chi connectivity index (χ3v) is 4.49. The van der Waals surface area contributed by atoms with Gasteiger partial charge in [0.25, 0.3) is 0 Å². The van der Waals surface area contributed by atoms with Crippen molar-refractivity contribution in [3.63, 3.8) is 0 Å². The van der Waals surface area contributed by atoms with Crippen molar-refractivity contribution in [3.8, 4) is 0 Å². The van der Waals surface area contributed by atoms with Crippen LogP contribution in [-0.2, 0) is 19.1 Å². The van der Waals surface area contributed by atoms with Crippen molar-refractivity contribution in [1.29, 1.82) is 0 Å². The second-order valence-electron chi connectivity index (χ2n) is 5.31. The number of halogens is 3. The predicted octanol–water partition coefficient (Wildman–Crippen LogP) is 2.87. The minimum atomic E-state index is -4.40. The molecule has 23 heavy (non-hydrogen) atoms. The Morgan fingerprint density at radius 1 is 1.39 bits per heavy atom. The van der Waals surface area contributed by atoms with E-state index in [1.807, 2.05) is 4.90 Å². The number of hydrogen-bond acceptors (Lipinski definition) is 6. The number of pyridine rings is 1. The zero-order chi connectivity index (χ0) is 16.6. The third kappa shape index (κ3) is 3.56. The van der Waals surface area contributed by atoms with Crippen LogP contribution < -0.4 is 10.2 Å². The number of aliphatic hydroxyl groups excluding tert-OH is 1. The van der Waals surface area contributed by atoms with Crippen molar-refractivity contribution in [2.75, 3.05) is 16.8 Å². The van der Waals surface area contributed by atoms with E-state index >= 15 is 0 Å². The third-order valence-electron chi connectivity index (χ3n) is 3.48. The maximum Gasteiger partial charge on any atom is 0.417 e. The zero-order valence-corrected chi connectivity index (χ0v) is 13.1. The minimum absolute atomic E-state index is 0.448. The first-order valence-corrected chi connectivity index (χ1v) is 7.85. The summed E-state index contributed by atoms with van der Waals surface area (Å²) in [6.07, 6.45) is -2.19. The van der Waals surface area contributed by atoms with Crippen molar-refractivity contribution < 1.29 is 18.3 Å². The van der Waals surface area contributed by atoms with E-state index in [0.29, 0.717) is 30.3 Å². The molecule has 0 amide bonds. The molecule has 1 unspecified atom stereocenters. The van der Waals surface area contributed by atoms with Crippen LogP contribution in [-0.4, -0.2) is 27.8 Å². The number of aromatic nitrogens is 2. The smallest absolute Gasteiger partial charge is 0.374 e. The van der Waals surface area contributed by atoms with Crippen molar-refractivity contribution >= 4 is 22.2 Å². The molecule has 0 aliphatic carbocycles. The van der Waals surface area contributed by atoms with E-state index in [2.05, 4.69) is 15.3 Å². The van der Waals surface area contributed by atoms with Gasteiger partial charge >= 0.3 is 6.18 Å². The van der Waals surface area contributed by atoms with Crippen LogP contribution in [0.1, 0.15) is 23.1 Å². The van der Waals surface area contributed by atoms with E-state index in [0.717, 1.165) is 22.8 Å². The molecule has 0 saturated heterocycles. The number of hydrogen-bond donors (Lipinski definition) is 2. The van der Waals surface area contributed by atoms with Crippen LogP contribution in [0.15, 0.2) is 18.5 Å². The molecule has 0 aromatic carbocycles. The molecule has 0 fully saturated rings. The van der Waals surface area contributed by atoms with Gasteiger partial charge in [-0.15, -0.1) is 0 Å². The molecule has 1 aliphatic rings. The molecule has 0 bridgehead atoms. The van der Waals surface area contributed by atoms with Gasteiger partial charge in [-0.3, -0.25) is 4.98 Å². The summed E-state index contributed by atoms with van der Waals surface area (Å²) >= 11 is 1.41. The highest BCUT2D eigenvalue weighted by molar-refractivity contribution is 7.15. The van der Waals surface area contributed by atoms with E-state index in [9.17, 15) is 18.3 Å². The fraction of sp³-hybridized carbons (Fsp3) is 0.429. The zero-order valence-electron chi connectivity index (χ0n) is 12.3. The molecule has 0 radical (unpaired) electrons. The van der Waals surface area contributed by atoms with Crippen LogP contribution >= 0.6 is 11.3 Å². The van der Waals surface area contributed by atoms with Gasteiger partial charge in [-0.2, -0.15) is 13.2 Å². The van der Waals surface area contributed by atoms with Crippen LogP contribution in [0, 0.1) is 0 Å². The van der Waals surface area contributed by atoms with Crippen molar-refractivity contribution in [3.05, 3.63) is 34.6 Å². The van der Waals surface area contributed by atoms with Crippen LogP contribution in [0.25, 0.3) is 0 Å². The number of fused-ring (bicyclic) bond motifs is 1. The molecule has 2 aromatic heterocycles. The van der Waals surface area contributed by atoms with Gasteiger partial charge in [0.15, 0.2) is 5.13 Å². The molecular formula is C14H15F3N4OS. The van der Waals surface area contributed by atoms with E-state index in [1.165, 1.54) is 17.5 Å². The maximum atomic E-state index is 12.8. The van der Waals surface area contributed by atoms with Gasteiger partial charge in [-0.25, -0.2) is 4.98 Å². The Morgan fingerprint density at radius 2 is 2.17 bits per heavy atom. The van der Waals surface area contributed by atoms with Gasteiger partial charge in [0.1, 0.15) is 6.23 Å². The van der Waals surface area contributed by atoms with Gasteiger partial charge in [0, 0.05) is 24.0 Å². The molecule has 1 aliphatic heterocycles. The highest BCUT2D eigenvalue weighted by Crippen LogP contribution is 2.34. The van der Waals surface area contributed by atoms with Gasteiger partial charge in [0.2, 0.25) is 0 Å². The lowest BCUT2D eigenvalue weighted by Gasteiger charge is -2.28. The first kappa shape index (κ1) is 16.0. The summed E-state index contributed by atoms with van der Waals surface area (Å²) in [5.74, 6) is 0. The highest BCUT2D eigenvalue weighted by Gasteiger charge is 2.32. The normalized spacial score (nSPS) is 16.1. The van der Waals surface area contributed by atoms with E-state index in [1.54, 1.807) is 6.92 Å². The average molecular weight is 344 g/mol. The van der Waals surface area contributed by atoms with Crippen molar-refractivity contribution in [2.24, 2.45) is 0 Å². The molecule has 3 heterocycles. The number of anilines is 2. The molecule has 5 nitrogen and oxygen atoms in total. The molecule has 124 valence electrons. The molecule has 2 aromatic rings. The number of alkyl halides is 3. The summed E-state index contributed by atoms with van der Waals surface area (Å²) in [7, 11) is 0. The van der Waals surface area contributed by atoms with E-state index < -0.39 is 18.0 Å². The Kier molecular flexibility index (Phi) is 4.15. The van der Waals surface area contributed by atoms with Gasteiger partial charge in [-0.05, 0) is 13.0 Å². The van der Waals surface area contributed by atoms with Gasteiger partial charge in [-0.1, -0.05) is 11.3 Å². The van der Waals surface area contributed by atoms with Gasteiger partial charge < -0.3 is 15.3 Å². The lowest BCUT2D eigenvalue weighted by Crippen LogP contribution is -2.30. The molecule has 3 rings (SSSR count). The summed E-state index contributed by atoms with van der Waals surface area (Å²) < 4.78 is 38.4. The maximum absolute atomic E-state index is 12.8. The fourth-order valence-electron chi connectivity index (χ4n) is 2.41. The number of rotatable bonds is 3. The fourth-order valence-corrected chi connectivity index (χ4v) is 3.52. The lowest BCUT2D eigenvalue weighted by atomic mass is 10.1. The first-order valence-electron chi connectivity index (χ1n) is 7.03. The summed E-state index contributed by atoms with van der Waals surface area (Å²) in [4.78, 5) is 10.9. The van der Waals surface area contributed by atoms with Crippen molar-refractivity contribution in [1.82, 2.24) is 9.97 Å². The second-order valence-corrected chi connectivity index (χ2v) is 6.39. The summed E-state index contributed by atoms with van der Waals surface area (Å²) in [6.45, 7) is 2.66. The summed E-state index contributed by atoms with van der Waals surface area (Å²) in [5, 5.41) is 12.8. The van der Waals surface area contributed by atoms with E-state index in [-0.39, 0.29) is 0 Å². The molecule has 1 atom stereocenters. The topological polar surface area (TPSA) is 61.3 Å². The second kappa shape index (κ2) is 5.97. The lowest BCUT2D eigenvalue weighted by molar-refractivity contribution is -0.137. The quantitative estimate of drug-likeness (QED) is 0.839. The predicted molar refractivity (Wildman–Crippen MR) is 81.4 cm³/mol. The molecule has 2 N–H and O–H groups in total. The SMILES string of the molecule is CC(O)Nc1nc2c(s1)CN(c1cncc(C(F)(F)F)c1)CC2. The number of nitrogens with one attached hydrogen (secondary N) is 1. The molecular weight excluding hydrogens is 329 g/mol. The summed E-state index contributed by atoms with van der Waals surface area (Å²) in [6, 6.07) is 1.12. The first-order chi connectivity index (χ1) is 10.8. The average Bonchev–Trinajstić information content (AvgIpc) is 2.86. The number of thiazole rings is 1. The molecule has 0 saturated carbocycles. The Hall–Kier alpha value is -1.87. The Labute approximate surface area is 134 Å². The highest BCUT2D eigenvalue weighted by atomic mass is 32.1. The molecule has 9 heteroatoms. The van der Waals surface area contributed by atoms with Crippen LogP contribution in [0.5, 0.6) is 0 Å². The van der Waals surface area contributed by atoms with Crippen LogP contribution in [0.2, 0.25) is 0 Å². The van der Waals surface area contributed by atoms with Gasteiger partial charge in [0.05, 0.1) is 29.7 Å². The molecule has 0 spiro atoms. The summed E-state index contributed by atoms with van der Waals surface area (Å²) in [5.41, 5.74) is 0.625. The Morgan fingerprint density at radius 3 is 2.87 bits per heavy atom. The minimum Gasteiger partial charge on any atom is -0.374 e. The number of aliphatic hydroxyl groups is 1. The van der Waals surface area contributed by atoms with Crippen molar-refractivity contribution in [2.45, 2.75) is 32.3 Å². The largest absolute Gasteiger partial charge is 0.417 e. The number of nitrogens with zero attached hydrogens (tertiary/aromatic N) is 3. The Bertz CT molecular complexity index is 702. The van der Waals surface area contributed by atoms with E-state index in [4.69, 9.17) is 0 Å². The Balaban J connectivity index is 1.80. The van der Waals surface area contributed by atoms with Crippen LogP contribution in [0.3, 0.4) is 0 Å². The standard InChI is InChI=1S/C14H15F3N4OS/c1-8(22)19-13-20-11-2-3-21(7-12(11)23-13)10-4-9(5-18-6-10)14(15,16)17/h4-6,8,22H,2-3,7H2,1H3,(H,19,20). The monoisotopic (exact) mass is 344 g/mol.